The van der Waals surface area contributed by atoms with Crippen molar-refractivity contribution >= 4 is 11.9 Å². The normalized spacial score (nSPS) is 26.7. The van der Waals surface area contributed by atoms with Gasteiger partial charge in [0.2, 0.25) is 0 Å². The minimum absolute atomic E-state index is 0.0260. The van der Waals surface area contributed by atoms with Gasteiger partial charge in [0.15, 0.2) is 6.10 Å². The molecule has 0 heterocycles. The molecule has 0 saturated carbocycles. The van der Waals surface area contributed by atoms with Gasteiger partial charge in [-0.2, -0.15) is 13.2 Å². The van der Waals surface area contributed by atoms with Crippen molar-refractivity contribution in [1.82, 2.24) is 0 Å². The molecule has 11 heteroatoms. The standard InChI is InChI=1S/C29H37F3O8/c1-3-24(39-22-6-4-5-18(12-22)29(30,31)32)28(38)40-25-14-20(34)11-17-8-7-16(2)23(27(17)25)10-9-19(33)13-21(35)15-26(36)37/h4-8,11-12,16,19-21,23-25,27,33-35H,3,9-10,13-15H2,1-2H3,(H,36,37)/t16-,19-,20-,21-,23+,24+,25+,27+/m1/s1. The largest absolute Gasteiger partial charge is 0.481 e. The number of carbonyl (C=O) groups excluding carboxylic acids is 1. The van der Waals surface area contributed by atoms with Crippen LogP contribution in [0.15, 0.2) is 48.1 Å². The van der Waals surface area contributed by atoms with Crippen LogP contribution in [0.3, 0.4) is 0 Å². The molecule has 2 aliphatic carbocycles. The van der Waals surface area contributed by atoms with Gasteiger partial charge in [-0.3, -0.25) is 4.79 Å². The highest BCUT2D eigenvalue weighted by Crippen LogP contribution is 2.44. The number of benzene rings is 1. The Morgan fingerprint density at radius 2 is 1.90 bits per heavy atom. The fourth-order valence-electron chi connectivity index (χ4n) is 5.52. The van der Waals surface area contributed by atoms with E-state index >= 15 is 0 Å². The Labute approximate surface area is 231 Å². The summed E-state index contributed by atoms with van der Waals surface area (Å²) in [4.78, 5) is 24.0. The number of esters is 1. The number of halogens is 3. The van der Waals surface area contributed by atoms with Gasteiger partial charge in [-0.15, -0.1) is 0 Å². The summed E-state index contributed by atoms with van der Waals surface area (Å²) >= 11 is 0. The predicted molar refractivity (Wildman–Crippen MR) is 138 cm³/mol. The molecule has 8 nitrogen and oxygen atoms in total. The summed E-state index contributed by atoms with van der Waals surface area (Å²) in [5, 5.41) is 39.6. The van der Waals surface area contributed by atoms with E-state index in [0.29, 0.717) is 6.42 Å². The molecule has 0 bridgehead atoms. The molecule has 0 aliphatic heterocycles. The van der Waals surface area contributed by atoms with E-state index in [2.05, 4.69) is 0 Å². The summed E-state index contributed by atoms with van der Waals surface area (Å²) in [6.07, 6.45) is -3.42. The number of rotatable bonds is 12. The summed E-state index contributed by atoms with van der Waals surface area (Å²) in [6.45, 7) is 3.63. The maximum absolute atomic E-state index is 13.2. The fourth-order valence-corrected chi connectivity index (χ4v) is 5.52. The Morgan fingerprint density at radius 1 is 1.18 bits per heavy atom. The van der Waals surface area contributed by atoms with E-state index in [1.54, 1.807) is 13.0 Å². The first-order chi connectivity index (χ1) is 18.8. The molecule has 0 unspecified atom stereocenters. The van der Waals surface area contributed by atoms with Gasteiger partial charge in [0, 0.05) is 12.3 Å². The molecular formula is C29H37F3O8. The van der Waals surface area contributed by atoms with Crippen LogP contribution in [0.25, 0.3) is 0 Å². The first kappa shape index (κ1) is 31.6. The molecule has 0 amide bonds. The molecule has 0 fully saturated rings. The Morgan fingerprint density at radius 3 is 2.55 bits per heavy atom. The van der Waals surface area contributed by atoms with Crippen LogP contribution in [0, 0.1) is 17.8 Å². The zero-order valence-corrected chi connectivity index (χ0v) is 22.5. The summed E-state index contributed by atoms with van der Waals surface area (Å²) in [6, 6.07) is 4.26. The number of carboxylic acid groups (broad SMARTS) is 1. The average molecular weight is 571 g/mol. The zero-order valence-electron chi connectivity index (χ0n) is 22.5. The third-order valence-electron chi connectivity index (χ3n) is 7.50. The Balaban J connectivity index is 1.72. The van der Waals surface area contributed by atoms with Crippen molar-refractivity contribution in [3.05, 3.63) is 53.6 Å². The molecule has 40 heavy (non-hydrogen) atoms. The monoisotopic (exact) mass is 570 g/mol. The van der Waals surface area contributed by atoms with Crippen molar-refractivity contribution in [2.45, 2.75) is 89.1 Å². The minimum Gasteiger partial charge on any atom is -0.481 e. The SMILES string of the molecule is CC[C@H](Oc1cccc(C(F)(F)F)c1)C(=O)O[C@H]1C[C@H](O)C=C2C=C[C@@H](C)[C@H](CC[C@@H](O)C[C@@H](O)CC(=O)O)[C@H]21. The number of hydrogen-bond donors (Lipinski definition) is 4. The van der Waals surface area contributed by atoms with Gasteiger partial charge >= 0.3 is 18.1 Å². The van der Waals surface area contributed by atoms with Gasteiger partial charge in [-0.25, -0.2) is 4.79 Å². The molecule has 0 saturated heterocycles. The number of hydrogen-bond acceptors (Lipinski definition) is 7. The maximum Gasteiger partial charge on any atom is 0.416 e. The van der Waals surface area contributed by atoms with Gasteiger partial charge in [0.25, 0.3) is 0 Å². The van der Waals surface area contributed by atoms with Crippen molar-refractivity contribution in [3.63, 3.8) is 0 Å². The maximum atomic E-state index is 13.2. The minimum atomic E-state index is -4.56. The fraction of sp³-hybridized carbons (Fsp3) is 0.586. The van der Waals surface area contributed by atoms with Crippen molar-refractivity contribution in [2.24, 2.45) is 17.8 Å². The third kappa shape index (κ3) is 8.55. The molecule has 222 valence electrons. The van der Waals surface area contributed by atoms with Crippen molar-refractivity contribution in [1.29, 1.82) is 0 Å². The van der Waals surface area contributed by atoms with Crippen molar-refractivity contribution in [3.8, 4) is 5.75 Å². The first-order valence-electron chi connectivity index (χ1n) is 13.5. The highest BCUT2D eigenvalue weighted by Gasteiger charge is 2.42. The summed E-state index contributed by atoms with van der Waals surface area (Å²) in [7, 11) is 0. The number of aliphatic carboxylic acids is 1. The molecule has 0 radical (unpaired) electrons. The lowest BCUT2D eigenvalue weighted by Crippen LogP contribution is -2.44. The first-order valence-corrected chi connectivity index (χ1v) is 13.5. The lowest BCUT2D eigenvalue weighted by atomic mass is 9.66. The zero-order chi connectivity index (χ0) is 29.6. The number of carbonyl (C=O) groups is 2. The van der Waals surface area contributed by atoms with E-state index in [4.69, 9.17) is 14.6 Å². The van der Waals surface area contributed by atoms with Crippen LogP contribution in [0.4, 0.5) is 13.2 Å². The van der Waals surface area contributed by atoms with E-state index in [1.807, 2.05) is 19.1 Å². The quantitative estimate of drug-likeness (QED) is 0.274. The number of carboxylic acids is 1. The van der Waals surface area contributed by atoms with Crippen LogP contribution in [0.1, 0.15) is 57.9 Å². The van der Waals surface area contributed by atoms with E-state index in [-0.39, 0.29) is 49.2 Å². The number of allylic oxidation sites excluding steroid dienone is 2. The number of fused-ring (bicyclic) bond motifs is 1. The molecule has 4 N–H and O–H groups in total. The second-order valence-corrected chi connectivity index (χ2v) is 10.6. The summed E-state index contributed by atoms with van der Waals surface area (Å²) in [5.41, 5.74) is -0.117. The number of ether oxygens (including phenoxy) is 2. The molecule has 0 spiro atoms. The van der Waals surface area contributed by atoms with Crippen LogP contribution < -0.4 is 4.74 Å². The van der Waals surface area contributed by atoms with E-state index in [0.717, 1.165) is 17.7 Å². The lowest BCUT2D eigenvalue weighted by Gasteiger charge is -2.43. The van der Waals surface area contributed by atoms with Gasteiger partial charge in [0.05, 0.1) is 30.3 Å². The second kappa shape index (κ2) is 13.6. The molecule has 3 rings (SSSR count). The summed E-state index contributed by atoms with van der Waals surface area (Å²) < 4.78 is 50.8. The van der Waals surface area contributed by atoms with Gasteiger partial charge in [-0.05, 0) is 61.3 Å². The topological polar surface area (TPSA) is 134 Å². The molecule has 1 aromatic carbocycles. The number of aliphatic hydroxyl groups excluding tert-OH is 3. The Bertz CT molecular complexity index is 1090. The van der Waals surface area contributed by atoms with Crippen LogP contribution in [-0.4, -0.2) is 62.9 Å². The van der Waals surface area contributed by atoms with E-state index in [1.165, 1.54) is 12.1 Å². The molecule has 1 aromatic rings. The van der Waals surface area contributed by atoms with E-state index < -0.39 is 60.6 Å². The molecular weight excluding hydrogens is 533 g/mol. The van der Waals surface area contributed by atoms with Gasteiger partial charge in [0.1, 0.15) is 11.9 Å². The van der Waals surface area contributed by atoms with Crippen LogP contribution >= 0.6 is 0 Å². The smallest absolute Gasteiger partial charge is 0.416 e. The molecule has 8 atom stereocenters. The Hall–Kier alpha value is -2.89. The van der Waals surface area contributed by atoms with Crippen LogP contribution in [-0.2, 0) is 20.5 Å². The van der Waals surface area contributed by atoms with Crippen LogP contribution in [0.2, 0.25) is 0 Å². The van der Waals surface area contributed by atoms with Crippen molar-refractivity contribution in [2.75, 3.05) is 0 Å². The Kier molecular flexibility index (Phi) is 10.8. The van der Waals surface area contributed by atoms with Crippen molar-refractivity contribution < 1.29 is 52.7 Å². The number of aliphatic hydroxyl groups is 3. The molecule has 0 aromatic heterocycles. The highest BCUT2D eigenvalue weighted by molar-refractivity contribution is 5.75. The lowest BCUT2D eigenvalue weighted by molar-refractivity contribution is -0.163. The second-order valence-electron chi connectivity index (χ2n) is 10.6. The van der Waals surface area contributed by atoms with Crippen LogP contribution in [0.5, 0.6) is 5.75 Å². The predicted octanol–water partition coefficient (Wildman–Crippen LogP) is 4.27. The molecule has 2 aliphatic rings. The number of alkyl halides is 3. The van der Waals surface area contributed by atoms with Gasteiger partial charge < -0.3 is 29.9 Å². The van der Waals surface area contributed by atoms with E-state index in [9.17, 15) is 38.1 Å². The highest BCUT2D eigenvalue weighted by atomic mass is 19.4. The summed E-state index contributed by atoms with van der Waals surface area (Å²) in [5.74, 6) is -2.41. The van der Waals surface area contributed by atoms with Gasteiger partial charge in [-0.1, -0.05) is 38.1 Å². The average Bonchev–Trinajstić information content (AvgIpc) is 2.85. The third-order valence-corrected chi connectivity index (χ3v) is 7.50.